The summed E-state index contributed by atoms with van der Waals surface area (Å²) in [7, 11) is 2.43. The normalized spacial score (nSPS) is 11.9. The van der Waals surface area contributed by atoms with Gasteiger partial charge in [0.1, 0.15) is 6.29 Å². The topological polar surface area (TPSA) is 69.7 Å². The number of aldehydes is 1. The molecule has 0 radical (unpaired) electrons. The Labute approximate surface area is 131 Å². The molecule has 0 rings (SSSR count). The third kappa shape index (κ3) is 5.91. The summed E-state index contributed by atoms with van der Waals surface area (Å²) in [6.45, 7) is 3.54. The van der Waals surface area contributed by atoms with Crippen LogP contribution in [0, 0.1) is 5.41 Å². The number of carbonyl (C=O) groups is 3. The fraction of sp³-hybridized carbons (Fsp3) is 0.353. The summed E-state index contributed by atoms with van der Waals surface area (Å²) in [5.41, 5.74) is -1.54. The largest absolute Gasteiger partial charge is 0.468 e. The van der Waals surface area contributed by atoms with Crippen molar-refractivity contribution in [1.82, 2.24) is 0 Å². The van der Waals surface area contributed by atoms with Crippen LogP contribution in [0.2, 0.25) is 0 Å². The Bertz CT molecular complexity index is 455. The lowest BCUT2D eigenvalue weighted by molar-refractivity contribution is -0.164. The van der Waals surface area contributed by atoms with Crippen molar-refractivity contribution in [2.75, 3.05) is 14.2 Å². The Balaban J connectivity index is 5.37. The number of ether oxygens (including phenoxy) is 2. The zero-order valence-electron chi connectivity index (χ0n) is 13.0. The van der Waals surface area contributed by atoms with Gasteiger partial charge in [0.25, 0.3) is 0 Å². The molecule has 0 bridgehead atoms. The maximum Gasteiger partial charge on any atom is 0.327 e. The maximum atomic E-state index is 12.1. The van der Waals surface area contributed by atoms with E-state index in [0.29, 0.717) is 12.8 Å². The molecule has 0 atom stereocenters. The number of rotatable bonds is 10. The lowest BCUT2D eigenvalue weighted by Gasteiger charge is -2.23. The van der Waals surface area contributed by atoms with E-state index in [1.807, 2.05) is 0 Å². The molecule has 0 saturated carbocycles. The molecule has 120 valence electrons. The van der Waals surface area contributed by atoms with Crippen molar-refractivity contribution in [2.24, 2.45) is 5.41 Å². The first kappa shape index (κ1) is 19.6. The van der Waals surface area contributed by atoms with Crippen molar-refractivity contribution < 1.29 is 23.9 Å². The second-order valence-corrected chi connectivity index (χ2v) is 4.35. The minimum atomic E-state index is -1.54. The van der Waals surface area contributed by atoms with Crippen LogP contribution in [0.25, 0.3) is 0 Å². The van der Waals surface area contributed by atoms with Gasteiger partial charge in [0.05, 0.1) is 14.2 Å². The van der Waals surface area contributed by atoms with Crippen molar-refractivity contribution in [1.29, 1.82) is 0 Å². The van der Waals surface area contributed by atoms with Gasteiger partial charge in [-0.3, -0.25) is 9.59 Å². The fourth-order valence-electron chi connectivity index (χ4n) is 1.73. The summed E-state index contributed by atoms with van der Waals surface area (Å²) in [4.78, 5) is 34.4. The molecule has 0 aliphatic carbocycles. The van der Waals surface area contributed by atoms with E-state index < -0.39 is 17.4 Å². The lowest BCUT2D eigenvalue weighted by Crippen LogP contribution is -2.39. The summed E-state index contributed by atoms with van der Waals surface area (Å²) in [6.07, 6.45) is 13.2. The highest BCUT2D eigenvalue weighted by Gasteiger charge is 2.45. The number of unbranched alkanes of at least 4 members (excludes halogenated alkanes) is 1. The van der Waals surface area contributed by atoms with Crippen LogP contribution >= 0.6 is 0 Å². The zero-order valence-corrected chi connectivity index (χ0v) is 13.0. The summed E-state index contributed by atoms with van der Waals surface area (Å²) in [5, 5.41) is 0. The van der Waals surface area contributed by atoms with Crippen LogP contribution in [0.4, 0.5) is 0 Å². The lowest BCUT2D eigenvalue weighted by atomic mass is 9.83. The molecular formula is C17H22O5. The quantitative estimate of drug-likeness (QED) is 0.204. The number of carbonyl (C=O) groups excluding carboxylic acids is 3. The van der Waals surface area contributed by atoms with Gasteiger partial charge >= 0.3 is 11.9 Å². The van der Waals surface area contributed by atoms with Crippen molar-refractivity contribution in [3.63, 3.8) is 0 Å². The van der Waals surface area contributed by atoms with Gasteiger partial charge in [-0.05, 0) is 12.8 Å². The van der Waals surface area contributed by atoms with Gasteiger partial charge in [-0.1, -0.05) is 49.1 Å². The Kier molecular flexibility index (Phi) is 10.0. The Hall–Kier alpha value is -2.43. The molecule has 0 aliphatic rings. The molecule has 22 heavy (non-hydrogen) atoms. The third-order valence-electron chi connectivity index (χ3n) is 2.89. The van der Waals surface area contributed by atoms with Crippen molar-refractivity contribution in [3.8, 4) is 0 Å². The first-order valence-electron chi connectivity index (χ1n) is 6.81. The van der Waals surface area contributed by atoms with Crippen LogP contribution in [-0.4, -0.2) is 32.4 Å². The molecule has 0 unspecified atom stereocenters. The average molecular weight is 306 g/mol. The van der Waals surface area contributed by atoms with E-state index in [2.05, 4.69) is 6.58 Å². The van der Waals surface area contributed by atoms with Gasteiger partial charge in [-0.2, -0.15) is 0 Å². The first-order valence-corrected chi connectivity index (χ1v) is 6.81. The highest BCUT2D eigenvalue weighted by molar-refractivity contribution is 6.02. The van der Waals surface area contributed by atoms with Gasteiger partial charge in [0.2, 0.25) is 0 Å². The summed E-state index contributed by atoms with van der Waals surface area (Å²) < 4.78 is 9.49. The van der Waals surface area contributed by atoms with Crippen LogP contribution in [0.3, 0.4) is 0 Å². The van der Waals surface area contributed by atoms with E-state index >= 15 is 0 Å². The molecule has 0 aromatic rings. The molecule has 0 aromatic carbocycles. The molecule has 0 amide bonds. The Morgan fingerprint density at radius 1 is 1.00 bits per heavy atom. The van der Waals surface area contributed by atoms with Crippen molar-refractivity contribution in [2.45, 2.75) is 19.3 Å². The van der Waals surface area contributed by atoms with Gasteiger partial charge < -0.3 is 14.3 Å². The molecule has 0 saturated heterocycles. The molecule has 0 fully saturated rings. The third-order valence-corrected chi connectivity index (χ3v) is 2.89. The Morgan fingerprint density at radius 2 is 1.64 bits per heavy atom. The predicted octanol–water partition coefficient (Wildman–Crippen LogP) is 2.54. The van der Waals surface area contributed by atoms with Gasteiger partial charge in [-0.15, -0.1) is 0 Å². The minimum Gasteiger partial charge on any atom is -0.468 e. The molecular weight excluding hydrogens is 284 g/mol. The monoisotopic (exact) mass is 306 g/mol. The first-order chi connectivity index (χ1) is 10.6. The van der Waals surface area contributed by atoms with Gasteiger partial charge in [0, 0.05) is 6.42 Å². The van der Waals surface area contributed by atoms with Crippen molar-refractivity contribution in [3.05, 3.63) is 49.1 Å². The number of allylic oxidation sites excluding steroid dienone is 6. The molecule has 0 aliphatic heterocycles. The van der Waals surface area contributed by atoms with Gasteiger partial charge in [0.15, 0.2) is 5.41 Å². The second kappa shape index (κ2) is 11.3. The van der Waals surface area contributed by atoms with E-state index in [1.165, 1.54) is 20.3 Å². The average Bonchev–Trinajstić information content (AvgIpc) is 2.55. The summed E-state index contributed by atoms with van der Waals surface area (Å²) in [6, 6.07) is 0. The van der Waals surface area contributed by atoms with Crippen LogP contribution < -0.4 is 0 Å². The number of hydrogen-bond acceptors (Lipinski definition) is 5. The molecule has 0 aromatic heterocycles. The minimum absolute atomic E-state index is 0.0943. The maximum absolute atomic E-state index is 12.1. The fourth-order valence-corrected chi connectivity index (χ4v) is 1.73. The SMILES string of the molecule is C=C/C=C\CC(/C=C/C=C/CCC=O)(C(=O)OC)C(=O)OC. The molecule has 0 heterocycles. The van der Waals surface area contributed by atoms with Crippen LogP contribution in [0.15, 0.2) is 49.1 Å². The number of esters is 2. The highest BCUT2D eigenvalue weighted by Crippen LogP contribution is 2.29. The second-order valence-electron chi connectivity index (χ2n) is 4.35. The van der Waals surface area contributed by atoms with Crippen LogP contribution in [0.5, 0.6) is 0 Å². The highest BCUT2D eigenvalue weighted by atomic mass is 16.5. The molecule has 5 heteroatoms. The summed E-state index contributed by atoms with van der Waals surface area (Å²) >= 11 is 0. The number of methoxy groups -OCH3 is 2. The van der Waals surface area contributed by atoms with Crippen molar-refractivity contribution >= 4 is 18.2 Å². The van der Waals surface area contributed by atoms with Crippen LogP contribution in [0.1, 0.15) is 19.3 Å². The summed E-state index contributed by atoms with van der Waals surface area (Å²) in [5.74, 6) is -1.41. The van der Waals surface area contributed by atoms with E-state index in [4.69, 9.17) is 9.47 Å². The smallest absolute Gasteiger partial charge is 0.327 e. The van der Waals surface area contributed by atoms with E-state index in [9.17, 15) is 14.4 Å². The zero-order chi connectivity index (χ0) is 16.8. The van der Waals surface area contributed by atoms with Gasteiger partial charge in [-0.25, -0.2) is 0 Å². The van der Waals surface area contributed by atoms with E-state index in [1.54, 1.807) is 36.5 Å². The molecule has 0 N–H and O–H groups in total. The number of hydrogen-bond donors (Lipinski definition) is 0. The standard InChI is InChI=1S/C17H22O5/c1-4-5-9-12-17(15(19)21-2,16(20)22-3)13-10-7-6-8-11-14-18/h4-7,9-10,13-14H,1,8,11-12H2,2-3H3/b7-6+,9-5-,13-10+. The predicted molar refractivity (Wildman–Crippen MR) is 84.0 cm³/mol. The van der Waals surface area contributed by atoms with E-state index in [0.717, 1.165) is 6.29 Å². The van der Waals surface area contributed by atoms with Crippen LogP contribution in [-0.2, 0) is 23.9 Å². The molecule has 0 spiro atoms. The Morgan fingerprint density at radius 3 is 2.14 bits per heavy atom. The molecule has 5 nitrogen and oxygen atoms in total. The van der Waals surface area contributed by atoms with E-state index in [-0.39, 0.29) is 6.42 Å².